The predicted octanol–water partition coefficient (Wildman–Crippen LogP) is 2.97. The van der Waals surface area contributed by atoms with E-state index in [4.69, 9.17) is 23.5 Å². The van der Waals surface area contributed by atoms with E-state index < -0.39 is 0 Å². The molecule has 142 valence electrons. The van der Waals surface area contributed by atoms with Gasteiger partial charge in [0.05, 0.1) is 6.54 Å². The number of fused-ring (bicyclic) bond motifs is 2. The van der Waals surface area contributed by atoms with E-state index in [9.17, 15) is 0 Å². The molecule has 0 saturated heterocycles. The number of ether oxygens (including phenoxy) is 4. The van der Waals surface area contributed by atoms with E-state index in [0.717, 1.165) is 35.7 Å². The maximum atomic E-state index is 5.50. The molecule has 1 N–H and O–H groups in total. The van der Waals surface area contributed by atoms with Crippen LogP contribution in [0.4, 0.5) is 0 Å². The summed E-state index contributed by atoms with van der Waals surface area (Å²) in [6.07, 6.45) is 2.10. The summed E-state index contributed by atoms with van der Waals surface area (Å²) in [7, 11) is 0. The molecule has 2 aromatic carbocycles. The lowest BCUT2D eigenvalue weighted by Crippen LogP contribution is -2.28. The fourth-order valence-corrected chi connectivity index (χ4v) is 3.61. The average Bonchev–Trinajstić information content (AvgIpc) is 3.14. The smallest absolute Gasteiger partial charge is 0.240 e. The lowest BCUT2D eigenvalue weighted by atomic mass is 10.0. The highest BCUT2D eigenvalue weighted by Gasteiger charge is 2.44. The monoisotopic (exact) mass is 379 g/mol. The summed E-state index contributed by atoms with van der Waals surface area (Å²) in [5, 5.41) is 7.66. The van der Waals surface area contributed by atoms with Gasteiger partial charge in [-0.25, -0.2) is 0 Å². The first-order chi connectivity index (χ1) is 13.8. The van der Waals surface area contributed by atoms with Crippen molar-refractivity contribution < 1.29 is 23.5 Å². The zero-order chi connectivity index (χ0) is 18.6. The molecule has 3 heterocycles. The number of nitrogens with one attached hydrogen (secondary N) is 1. The van der Waals surface area contributed by atoms with Gasteiger partial charge in [-0.3, -0.25) is 5.32 Å². The molecule has 2 aliphatic heterocycles. The summed E-state index contributed by atoms with van der Waals surface area (Å²) in [4.78, 5) is 4.51. The molecule has 0 spiro atoms. The molecule has 6 rings (SSSR count). The Labute approximate surface area is 160 Å². The van der Waals surface area contributed by atoms with Crippen LogP contribution in [0.3, 0.4) is 0 Å². The largest absolute Gasteiger partial charge is 0.454 e. The zero-order valence-electron chi connectivity index (χ0n) is 14.9. The van der Waals surface area contributed by atoms with Crippen molar-refractivity contribution in [1.29, 1.82) is 0 Å². The summed E-state index contributed by atoms with van der Waals surface area (Å²) < 4.78 is 27.1. The molecule has 28 heavy (non-hydrogen) atoms. The Morgan fingerprint density at radius 2 is 1.57 bits per heavy atom. The van der Waals surface area contributed by atoms with Gasteiger partial charge in [0, 0.05) is 11.1 Å². The first kappa shape index (κ1) is 15.8. The zero-order valence-corrected chi connectivity index (χ0v) is 14.9. The Kier molecular flexibility index (Phi) is 3.30. The van der Waals surface area contributed by atoms with Crippen molar-refractivity contribution in [3.63, 3.8) is 0 Å². The minimum absolute atomic E-state index is 0.0750. The fraction of sp³-hybridized carbons (Fsp3) is 0.300. The highest BCUT2D eigenvalue weighted by molar-refractivity contribution is 5.61. The van der Waals surface area contributed by atoms with Crippen molar-refractivity contribution in [3.05, 3.63) is 47.9 Å². The van der Waals surface area contributed by atoms with Gasteiger partial charge in [-0.05, 0) is 48.7 Å². The molecule has 1 saturated carbocycles. The number of aromatic nitrogens is 2. The molecule has 3 aliphatic rings. The second-order valence-electron chi connectivity index (χ2n) is 7.08. The summed E-state index contributed by atoms with van der Waals surface area (Å²) >= 11 is 0. The lowest BCUT2D eigenvalue weighted by molar-refractivity contribution is 0.173. The topological polar surface area (TPSA) is 87.9 Å². The maximum absolute atomic E-state index is 5.50. The quantitative estimate of drug-likeness (QED) is 0.724. The molecule has 1 aromatic heterocycles. The number of rotatable bonds is 5. The molecule has 0 amide bonds. The van der Waals surface area contributed by atoms with E-state index in [2.05, 4.69) is 21.5 Å². The van der Waals surface area contributed by atoms with Gasteiger partial charge in [-0.15, -0.1) is 0 Å². The van der Waals surface area contributed by atoms with Crippen LogP contribution in [0, 0.1) is 0 Å². The number of nitrogens with zero attached hydrogens (tertiary/aromatic N) is 2. The Balaban J connectivity index is 1.18. The lowest BCUT2D eigenvalue weighted by Gasteiger charge is -2.17. The van der Waals surface area contributed by atoms with Crippen LogP contribution in [0.1, 0.15) is 24.3 Å². The number of hydrogen-bond acceptors (Lipinski definition) is 8. The van der Waals surface area contributed by atoms with Gasteiger partial charge < -0.3 is 23.5 Å². The van der Waals surface area contributed by atoms with Gasteiger partial charge in [-0.2, -0.15) is 4.98 Å². The van der Waals surface area contributed by atoms with Gasteiger partial charge in [0.1, 0.15) is 0 Å². The van der Waals surface area contributed by atoms with Crippen molar-refractivity contribution >= 4 is 0 Å². The average molecular weight is 379 g/mol. The second kappa shape index (κ2) is 5.87. The van der Waals surface area contributed by atoms with Gasteiger partial charge in [0.15, 0.2) is 23.0 Å². The van der Waals surface area contributed by atoms with E-state index in [1.165, 1.54) is 5.56 Å². The summed E-state index contributed by atoms with van der Waals surface area (Å²) in [5.41, 5.74) is 1.94. The Hall–Kier alpha value is -3.26. The molecule has 3 aromatic rings. The molecule has 0 atom stereocenters. The Morgan fingerprint density at radius 1 is 0.857 bits per heavy atom. The number of benzene rings is 2. The van der Waals surface area contributed by atoms with Gasteiger partial charge in [-0.1, -0.05) is 11.2 Å². The molecule has 0 radical (unpaired) electrons. The maximum Gasteiger partial charge on any atom is 0.240 e. The molecule has 8 heteroatoms. The normalized spacial score (nSPS) is 17.7. The van der Waals surface area contributed by atoms with Crippen LogP contribution in [0.15, 0.2) is 40.9 Å². The van der Waals surface area contributed by atoms with Crippen LogP contribution in [-0.4, -0.2) is 23.7 Å². The van der Waals surface area contributed by atoms with Gasteiger partial charge in [0.2, 0.25) is 25.3 Å². The SMILES string of the molecule is c1cc2c(cc1-c1noc(CNC3(c4ccc5c(c4)OCO5)CC3)n1)OCO2. The number of hydrogen-bond donors (Lipinski definition) is 1. The third-order valence-electron chi connectivity index (χ3n) is 5.35. The minimum atomic E-state index is -0.0750. The first-order valence-corrected chi connectivity index (χ1v) is 9.17. The van der Waals surface area contributed by atoms with E-state index >= 15 is 0 Å². The first-order valence-electron chi connectivity index (χ1n) is 9.17. The van der Waals surface area contributed by atoms with E-state index in [-0.39, 0.29) is 19.1 Å². The third-order valence-corrected chi connectivity index (χ3v) is 5.35. The molecular weight excluding hydrogens is 362 g/mol. The predicted molar refractivity (Wildman–Crippen MR) is 96.2 cm³/mol. The van der Waals surface area contributed by atoms with Crippen LogP contribution in [0.25, 0.3) is 11.4 Å². The van der Waals surface area contributed by atoms with Gasteiger partial charge >= 0.3 is 0 Å². The van der Waals surface area contributed by atoms with Gasteiger partial charge in [0.25, 0.3) is 0 Å². The second-order valence-corrected chi connectivity index (χ2v) is 7.08. The Morgan fingerprint density at radius 3 is 2.36 bits per heavy atom. The molecule has 0 unspecified atom stereocenters. The van der Waals surface area contributed by atoms with Crippen LogP contribution < -0.4 is 24.3 Å². The van der Waals surface area contributed by atoms with Crippen molar-refractivity contribution in [2.24, 2.45) is 0 Å². The molecular formula is C20H17N3O5. The van der Waals surface area contributed by atoms with Crippen LogP contribution >= 0.6 is 0 Å². The highest BCUT2D eigenvalue weighted by atomic mass is 16.7. The van der Waals surface area contributed by atoms with Crippen molar-refractivity contribution in [2.45, 2.75) is 24.9 Å². The summed E-state index contributed by atoms with van der Waals surface area (Å²) in [6, 6.07) is 11.7. The summed E-state index contributed by atoms with van der Waals surface area (Å²) in [5.74, 6) is 4.09. The van der Waals surface area contributed by atoms with Crippen LogP contribution in [0.2, 0.25) is 0 Å². The minimum Gasteiger partial charge on any atom is -0.454 e. The van der Waals surface area contributed by atoms with E-state index in [1.54, 1.807) is 0 Å². The molecule has 1 aliphatic carbocycles. The Bertz CT molecular complexity index is 1060. The van der Waals surface area contributed by atoms with Crippen LogP contribution in [-0.2, 0) is 12.1 Å². The third kappa shape index (κ3) is 2.56. The molecule has 8 nitrogen and oxygen atoms in total. The van der Waals surface area contributed by atoms with Crippen molar-refractivity contribution in [2.75, 3.05) is 13.6 Å². The standard InChI is InChI=1S/C20H17N3O5/c1-3-14-16(26-10-24-14)7-12(1)19-22-18(28-23-19)9-21-20(5-6-20)13-2-4-15-17(8-13)27-11-25-15/h1-4,7-8,21H,5-6,9-11H2. The molecule has 1 fully saturated rings. The van der Waals surface area contributed by atoms with E-state index in [0.29, 0.717) is 24.0 Å². The highest BCUT2D eigenvalue weighted by Crippen LogP contribution is 2.48. The van der Waals surface area contributed by atoms with Crippen molar-refractivity contribution in [3.8, 4) is 34.4 Å². The fourth-order valence-electron chi connectivity index (χ4n) is 3.61. The summed E-state index contributed by atoms with van der Waals surface area (Å²) in [6.45, 7) is 1.01. The van der Waals surface area contributed by atoms with Crippen LogP contribution in [0.5, 0.6) is 23.0 Å². The van der Waals surface area contributed by atoms with Crippen molar-refractivity contribution in [1.82, 2.24) is 15.5 Å². The van der Waals surface area contributed by atoms with E-state index in [1.807, 2.05) is 30.3 Å². The molecule has 0 bridgehead atoms.